The second-order valence-corrected chi connectivity index (χ2v) is 20.3. The third-order valence-corrected chi connectivity index (χ3v) is 14.3. The van der Waals surface area contributed by atoms with Crippen LogP contribution in [-0.4, -0.2) is 0 Å². The molecule has 4 heteroatoms. The lowest BCUT2D eigenvalue weighted by molar-refractivity contribution is 0.656. The maximum absolute atomic E-state index is 6.72. The maximum Gasteiger partial charge on any atom is 0.139 e. The quantitative estimate of drug-likeness (QED) is 0.137. The molecule has 0 N–H and O–H groups in total. The predicted molar refractivity (Wildman–Crippen MR) is 291 cm³/mol. The van der Waals surface area contributed by atoms with Crippen LogP contribution >= 0.6 is 0 Å². The van der Waals surface area contributed by atoms with E-state index < -0.39 is 0 Å². The van der Waals surface area contributed by atoms with Crippen LogP contribution in [0.2, 0.25) is 0 Å². The van der Waals surface area contributed by atoms with Crippen LogP contribution in [0.3, 0.4) is 0 Å². The molecule has 68 heavy (non-hydrogen) atoms. The van der Waals surface area contributed by atoms with Gasteiger partial charge in [0.1, 0.15) is 22.3 Å². The average molecular weight is 889 g/mol. The molecule has 0 amide bonds. The van der Waals surface area contributed by atoms with Gasteiger partial charge in [-0.15, -0.1) is 0 Å². The van der Waals surface area contributed by atoms with E-state index in [1.54, 1.807) is 0 Å². The van der Waals surface area contributed by atoms with Gasteiger partial charge in [-0.05, 0) is 171 Å². The van der Waals surface area contributed by atoms with Crippen molar-refractivity contribution >= 4 is 99.5 Å². The monoisotopic (exact) mass is 888 g/mol. The molecule has 2 heterocycles. The van der Waals surface area contributed by atoms with Gasteiger partial charge in [0.05, 0.1) is 0 Å². The summed E-state index contributed by atoms with van der Waals surface area (Å²) in [6.07, 6.45) is 0. The number of fused-ring (bicyclic) bond motifs is 8. The summed E-state index contributed by atoms with van der Waals surface area (Å²) in [5, 5.41) is 8.97. The van der Waals surface area contributed by atoms with Crippen LogP contribution in [0.5, 0.6) is 0 Å². The predicted octanol–water partition coefficient (Wildman–Crippen LogP) is 19.8. The first-order valence-electron chi connectivity index (χ1n) is 24.5. The summed E-state index contributed by atoms with van der Waals surface area (Å²) in [4.78, 5) is 4.88. The Hall–Kier alpha value is -7.30. The lowest BCUT2D eigenvalue weighted by Crippen LogP contribution is -2.14. The van der Waals surface area contributed by atoms with Crippen molar-refractivity contribution < 1.29 is 8.83 Å². The van der Waals surface area contributed by atoms with Crippen molar-refractivity contribution in [3.8, 4) is 0 Å². The van der Waals surface area contributed by atoms with Crippen LogP contribution < -0.4 is 9.80 Å². The molecule has 0 radical (unpaired) electrons. The number of para-hydroxylation sites is 2. The molecule has 0 aliphatic carbocycles. The molecule has 11 aromatic rings. The van der Waals surface area contributed by atoms with E-state index in [2.05, 4.69) is 237 Å². The van der Waals surface area contributed by atoms with E-state index in [4.69, 9.17) is 8.83 Å². The molecule has 9 aromatic carbocycles. The van der Waals surface area contributed by atoms with Crippen LogP contribution in [-0.2, 0) is 0 Å². The molecule has 0 saturated heterocycles. The number of rotatable bonds is 10. The minimum absolute atomic E-state index is 0.354. The topological polar surface area (TPSA) is 32.8 Å². The summed E-state index contributed by atoms with van der Waals surface area (Å²) in [7, 11) is 0. The Kier molecular flexibility index (Phi) is 10.7. The molecule has 0 bridgehead atoms. The Labute approximate surface area is 400 Å². The molecule has 4 nitrogen and oxygen atoms in total. The number of benzene rings is 9. The molecule has 11 rings (SSSR count). The van der Waals surface area contributed by atoms with Gasteiger partial charge in [0.2, 0.25) is 0 Å². The van der Waals surface area contributed by atoms with Crippen molar-refractivity contribution in [3.63, 3.8) is 0 Å². The highest BCUT2D eigenvalue weighted by Crippen LogP contribution is 2.46. The zero-order valence-corrected chi connectivity index (χ0v) is 41.0. The smallest absolute Gasteiger partial charge is 0.139 e. The number of hydrogen-bond donors (Lipinski definition) is 0. The van der Waals surface area contributed by atoms with Gasteiger partial charge in [-0.2, -0.15) is 0 Å². The summed E-state index contributed by atoms with van der Waals surface area (Å²) in [5.41, 5.74) is 18.2. The largest absolute Gasteiger partial charge is 0.456 e. The number of furan rings is 2. The van der Waals surface area contributed by atoms with Gasteiger partial charge in [-0.25, -0.2) is 0 Å². The maximum atomic E-state index is 6.72. The molecule has 0 spiro atoms. The van der Waals surface area contributed by atoms with Gasteiger partial charge < -0.3 is 18.6 Å². The Balaban J connectivity index is 1.01. The fourth-order valence-electron chi connectivity index (χ4n) is 10.4. The Bertz CT molecular complexity index is 3510. The van der Waals surface area contributed by atoms with Crippen molar-refractivity contribution in [1.29, 1.82) is 0 Å². The normalized spacial score (nSPS) is 12.2. The van der Waals surface area contributed by atoms with Gasteiger partial charge in [0.25, 0.3) is 0 Å². The highest BCUT2D eigenvalue weighted by molar-refractivity contribution is 6.18. The van der Waals surface area contributed by atoms with E-state index in [1.807, 2.05) is 0 Å². The molecule has 0 unspecified atom stereocenters. The van der Waals surface area contributed by atoms with Gasteiger partial charge >= 0.3 is 0 Å². The number of hydrogen-bond acceptors (Lipinski definition) is 4. The SMILES string of the molecule is Cc1ccccc1N(c1ccc2cc3c(cc2c1)oc1cc2oc4cc5cc(N(c6ccccc6C)c6ccc(C(C)C)cc6C(C)C)ccc5cc4c2cc13)c1ccc(C(C)C)cc1C(C)C. The van der Waals surface area contributed by atoms with Crippen molar-refractivity contribution in [2.24, 2.45) is 0 Å². The first-order chi connectivity index (χ1) is 32.8. The molecule has 0 atom stereocenters. The minimum atomic E-state index is 0.354. The Morgan fingerprint density at radius 2 is 0.721 bits per heavy atom. The average Bonchev–Trinajstić information content (AvgIpc) is 3.85. The second kappa shape index (κ2) is 16.8. The lowest BCUT2D eigenvalue weighted by Gasteiger charge is -2.31. The molecule has 338 valence electrons. The van der Waals surface area contributed by atoms with Crippen molar-refractivity contribution in [1.82, 2.24) is 0 Å². The van der Waals surface area contributed by atoms with Crippen LogP contribution in [0, 0.1) is 13.8 Å². The van der Waals surface area contributed by atoms with Crippen LogP contribution in [0.4, 0.5) is 34.1 Å². The Morgan fingerprint density at radius 3 is 1.12 bits per heavy atom. The molecule has 2 aromatic heterocycles. The lowest BCUT2D eigenvalue weighted by atomic mass is 9.93. The van der Waals surface area contributed by atoms with Gasteiger partial charge in [0, 0.05) is 61.7 Å². The third-order valence-electron chi connectivity index (χ3n) is 14.3. The van der Waals surface area contributed by atoms with Crippen LogP contribution in [0.25, 0.3) is 65.4 Å². The molecule has 0 saturated carbocycles. The number of nitrogens with zero attached hydrogens (tertiary/aromatic N) is 2. The van der Waals surface area contributed by atoms with Gasteiger partial charge in [0.15, 0.2) is 0 Å². The summed E-state index contributed by atoms with van der Waals surface area (Å²) in [5.74, 6) is 1.62. The molecule has 0 fully saturated rings. The third kappa shape index (κ3) is 7.38. The Morgan fingerprint density at radius 1 is 0.324 bits per heavy atom. The number of aryl methyl sites for hydroxylation is 2. The van der Waals surface area contributed by atoms with E-state index in [0.29, 0.717) is 23.7 Å². The van der Waals surface area contributed by atoms with Crippen molar-refractivity contribution in [2.45, 2.75) is 92.9 Å². The van der Waals surface area contributed by atoms with E-state index in [9.17, 15) is 0 Å². The second-order valence-electron chi connectivity index (χ2n) is 20.3. The highest BCUT2D eigenvalue weighted by Gasteiger charge is 2.24. The minimum Gasteiger partial charge on any atom is -0.456 e. The van der Waals surface area contributed by atoms with Crippen LogP contribution in [0.1, 0.15) is 112 Å². The summed E-state index contributed by atoms with van der Waals surface area (Å²) >= 11 is 0. The number of anilines is 6. The standard InChI is InChI=1S/C64H60N2O2/c1-37(2)43-21-25-59(51(29-43)39(5)6)65(57-17-13-11-15-41(57)9)49-23-19-45-31-53-55-35-56-54-32-46-20-24-50(28-48(46)34-62(54)68-64(56)36-63(55)67-61(53)33-47(45)27-49)66(58-18-14-12-16-42(58)10)60-26-22-44(38(3)4)30-52(60)40(7)8/h11-40H,1-10H3. The molecule has 0 aliphatic rings. The zero-order valence-electron chi connectivity index (χ0n) is 41.0. The van der Waals surface area contributed by atoms with Gasteiger partial charge in [-0.1, -0.05) is 128 Å². The molecule has 0 aliphatic heterocycles. The molecular formula is C64H60N2O2. The van der Waals surface area contributed by atoms with Crippen molar-refractivity contribution in [3.05, 3.63) is 191 Å². The summed E-state index contributed by atoms with van der Waals surface area (Å²) < 4.78 is 13.4. The first-order valence-corrected chi connectivity index (χ1v) is 24.5. The fourth-order valence-corrected chi connectivity index (χ4v) is 10.4. The summed E-state index contributed by atoms with van der Waals surface area (Å²) in [6.45, 7) is 22.7. The zero-order chi connectivity index (χ0) is 47.1. The van der Waals surface area contributed by atoms with Gasteiger partial charge in [-0.3, -0.25) is 0 Å². The van der Waals surface area contributed by atoms with E-state index in [1.165, 1.54) is 66.9 Å². The summed E-state index contributed by atoms with van der Waals surface area (Å²) in [6, 6.07) is 58.5. The van der Waals surface area contributed by atoms with Crippen LogP contribution in [0.15, 0.2) is 167 Å². The van der Waals surface area contributed by atoms with E-state index >= 15 is 0 Å². The molecular weight excluding hydrogens is 829 g/mol. The highest BCUT2D eigenvalue weighted by atomic mass is 16.3. The van der Waals surface area contributed by atoms with Crippen molar-refractivity contribution in [2.75, 3.05) is 9.80 Å². The fraction of sp³-hybridized carbons (Fsp3) is 0.219. The van der Waals surface area contributed by atoms with E-state index in [0.717, 1.165) is 66.0 Å². The van der Waals surface area contributed by atoms with E-state index in [-0.39, 0.29) is 0 Å². The first kappa shape index (κ1) is 43.3.